The highest BCUT2D eigenvalue weighted by Gasteiger charge is 2.07. The monoisotopic (exact) mass is 303 g/mol. The second kappa shape index (κ2) is 8.17. The number of carbonyl (C=O) groups excluding carboxylic acids is 1. The number of benzene rings is 1. The highest BCUT2D eigenvalue weighted by atomic mass is 16.6. The van der Waals surface area contributed by atoms with Gasteiger partial charge < -0.3 is 10.6 Å². The number of hydrogen-bond acceptors (Lipinski definition) is 4. The lowest BCUT2D eigenvalue weighted by Crippen LogP contribution is -2.30. The number of allylic oxidation sites excluding steroid dienone is 1. The van der Waals surface area contributed by atoms with Crippen LogP contribution in [0.1, 0.15) is 32.1 Å². The van der Waals surface area contributed by atoms with Crippen molar-refractivity contribution in [3.63, 3.8) is 0 Å². The summed E-state index contributed by atoms with van der Waals surface area (Å²) in [7, 11) is 0. The standard InChI is InChI=1S/C16H21N3O3/c20-16(17-10-9-13-5-2-1-3-6-13)12-18-14-7-4-8-15(11-14)19(21)22/h4-5,7-8,11,18H,1-3,6,9-10,12H2,(H,17,20). The zero-order valence-corrected chi connectivity index (χ0v) is 12.5. The van der Waals surface area contributed by atoms with E-state index in [-0.39, 0.29) is 18.1 Å². The molecular weight excluding hydrogens is 282 g/mol. The van der Waals surface area contributed by atoms with Crippen LogP contribution in [0.25, 0.3) is 0 Å². The van der Waals surface area contributed by atoms with Gasteiger partial charge >= 0.3 is 0 Å². The minimum Gasteiger partial charge on any atom is -0.376 e. The maximum atomic E-state index is 11.7. The van der Waals surface area contributed by atoms with Crippen LogP contribution in [0.4, 0.5) is 11.4 Å². The Hall–Kier alpha value is -2.37. The topological polar surface area (TPSA) is 84.3 Å². The number of rotatable bonds is 7. The van der Waals surface area contributed by atoms with Crippen LogP contribution >= 0.6 is 0 Å². The molecule has 0 unspecified atom stereocenters. The summed E-state index contributed by atoms with van der Waals surface area (Å²) in [5.41, 5.74) is 2.01. The van der Waals surface area contributed by atoms with Gasteiger partial charge in [-0.2, -0.15) is 0 Å². The van der Waals surface area contributed by atoms with Crippen LogP contribution in [0.2, 0.25) is 0 Å². The van der Waals surface area contributed by atoms with Gasteiger partial charge in [0.2, 0.25) is 5.91 Å². The number of nitrogens with one attached hydrogen (secondary N) is 2. The van der Waals surface area contributed by atoms with Crippen molar-refractivity contribution in [3.8, 4) is 0 Å². The van der Waals surface area contributed by atoms with Gasteiger partial charge in [-0.25, -0.2) is 0 Å². The molecule has 1 aliphatic rings. The number of nitro groups is 1. The van der Waals surface area contributed by atoms with Crippen LogP contribution in [0, 0.1) is 10.1 Å². The second-order valence-electron chi connectivity index (χ2n) is 5.37. The van der Waals surface area contributed by atoms with Crippen molar-refractivity contribution >= 4 is 17.3 Å². The van der Waals surface area contributed by atoms with Gasteiger partial charge in [0.15, 0.2) is 0 Å². The van der Waals surface area contributed by atoms with Crippen LogP contribution in [0.5, 0.6) is 0 Å². The van der Waals surface area contributed by atoms with Crippen LogP contribution in [0.15, 0.2) is 35.9 Å². The van der Waals surface area contributed by atoms with E-state index in [0.29, 0.717) is 12.2 Å². The molecule has 0 fully saturated rings. The van der Waals surface area contributed by atoms with E-state index in [9.17, 15) is 14.9 Å². The van der Waals surface area contributed by atoms with Gasteiger partial charge in [-0.3, -0.25) is 14.9 Å². The molecule has 0 saturated heterocycles. The highest BCUT2D eigenvalue weighted by Crippen LogP contribution is 2.19. The van der Waals surface area contributed by atoms with Crippen molar-refractivity contribution in [2.75, 3.05) is 18.4 Å². The summed E-state index contributed by atoms with van der Waals surface area (Å²) in [6, 6.07) is 6.13. The van der Waals surface area contributed by atoms with Gasteiger partial charge in [-0.1, -0.05) is 17.7 Å². The van der Waals surface area contributed by atoms with Crippen molar-refractivity contribution in [1.29, 1.82) is 0 Å². The van der Waals surface area contributed by atoms with E-state index in [1.807, 2.05) is 0 Å². The smallest absolute Gasteiger partial charge is 0.271 e. The van der Waals surface area contributed by atoms with Crippen molar-refractivity contribution in [3.05, 3.63) is 46.0 Å². The van der Waals surface area contributed by atoms with Crippen molar-refractivity contribution in [2.24, 2.45) is 0 Å². The summed E-state index contributed by atoms with van der Waals surface area (Å²) in [5, 5.41) is 16.4. The maximum absolute atomic E-state index is 11.7. The predicted molar refractivity (Wildman–Crippen MR) is 85.8 cm³/mol. The Bertz CT molecular complexity index is 570. The summed E-state index contributed by atoms with van der Waals surface area (Å²) >= 11 is 0. The number of nitro benzene ring substituents is 1. The molecule has 2 rings (SSSR count). The fraction of sp³-hybridized carbons (Fsp3) is 0.438. The van der Waals surface area contributed by atoms with E-state index >= 15 is 0 Å². The van der Waals surface area contributed by atoms with Crippen LogP contribution in [-0.4, -0.2) is 23.9 Å². The lowest BCUT2D eigenvalue weighted by Gasteiger charge is -2.13. The molecule has 6 nitrogen and oxygen atoms in total. The summed E-state index contributed by atoms with van der Waals surface area (Å²) in [5.74, 6) is -0.108. The van der Waals surface area contributed by atoms with E-state index in [1.54, 1.807) is 12.1 Å². The first-order valence-electron chi connectivity index (χ1n) is 7.58. The van der Waals surface area contributed by atoms with Crippen LogP contribution in [-0.2, 0) is 4.79 Å². The van der Waals surface area contributed by atoms with Gasteiger partial charge in [0.25, 0.3) is 5.69 Å². The molecular formula is C16H21N3O3. The van der Waals surface area contributed by atoms with Crippen LogP contribution < -0.4 is 10.6 Å². The summed E-state index contributed by atoms with van der Waals surface area (Å²) in [6.07, 6.45) is 7.98. The Morgan fingerprint density at radius 2 is 2.18 bits per heavy atom. The Morgan fingerprint density at radius 3 is 2.91 bits per heavy atom. The van der Waals surface area contributed by atoms with Gasteiger partial charge in [0.05, 0.1) is 11.5 Å². The molecule has 0 atom stereocenters. The second-order valence-corrected chi connectivity index (χ2v) is 5.37. The zero-order valence-electron chi connectivity index (χ0n) is 12.5. The molecule has 22 heavy (non-hydrogen) atoms. The first-order chi connectivity index (χ1) is 10.6. The molecule has 1 amide bonds. The number of carbonyl (C=O) groups is 1. The maximum Gasteiger partial charge on any atom is 0.271 e. The van der Waals surface area contributed by atoms with E-state index in [0.717, 1.165) is 19.3 Å². The summed E-state index contributed by atoms with van der Waals surface area (Å²) in [4.78, 5) is 22.0. The summed E-state index contributed by atoms with van der Waals surface area (Å²) < 4.78 is 0. The number of amides is 1. The summed E-state index contributed by atoms with van der Waals surface area (Å²) in [6.45, 7) is 0.751. The lowest BCUT2D eigenvalue weighted by molar-refractivity contribution is -0.384. The number of anilines is 1. The molecule has 0 heterocycles. The number of hydrogen-bond donors (Lipinski definition) is 2. The Balaban J connectivity index is 1.70. The van der Waals surface area contributed by atoms with Gasteiger partial charge in [0.1, 0.15) is 0 Å². The molecule has 2 N–H and O–H groups in total. The Labute approximate surface area is 129 Å². The Morgan fingerprint density at radius 1 is 1.32 bits per heavy atom. The largest absolute Gasteiger partial charge is 0.376 e. The van der Waals surface area contributed by atoms with E-state index in [2.05, 4.69) is 16.7 Å². The quantitative estimate of drug-likeness (QED) is 0.461. The first kappa shape index (κ1) is 16.0. The van der Waals surface area contributed by atoms with Gasteiger partial charge in [-0.15, -0.1) is 0 Å². The van der Waals surface area contributed by atoms with Crippen LogP contribution in [0.3, 0.4) is 0 Å². The molecule has 6 heteroatoms. The van der Waals surface area contributed by atoms with Gasteiger partial charge in [0, 0.05) is 24.4 Å². The Kier molecular flexibility index (Phi) is 5.94. The normalized spacial score (nSPS) is 14.1. The number of non-ortho nitro benzene ring substituents is 1. The average Bonchev–Trinajstić information content (AvgIpc) is 2.54. The van der Waals surface area contributed by atoms with E-state index < -0.39 is 4.92 Å². The fourth-order valence-corrected chi connectivity index (χ4v) is 2.47. The van der Waals surface area contributed by atoms with Crippen molar-refractivity contribution in [1.82, 2.24) is 5.32 Å². The molecule has 0 bridgehead atoms. The molecule has 1 aromatic rings. The molecule has 0 spiro atoms. The van der Waals surface area contributed by atoms with E-state index in [1.165, 1.54) is 30.5 Å². The molecule has 118 valence electrons. The molecule has 1 aliphatic carbocycles. The minimum atomic E-state index is -0.455. The fourth-order valence-electron chi connectivity index (χ4n) is 2.47. The molecule has 1 aromatic carbocycles. The lowest BCUT2D eigenvalue weighted by atomic mass is 9.97. The third-order valence-corrected chi connectivity index (χ3v) is 3.66. The molecule has 0 aromatic heterocycles. The molecule has 0 aliphatic heterocycles. The third kappa shape index (κ3) is 5.20. The van der Waals surface area contributed by atoms with E-state index in [4.69, 9.17) is 0 Å². The van der Waals surface area contributed by atoms with Crippen molar-refractivity contribution in [2.45, 2.75) is 32.1 Å². The molecule has 0 radical (unpaired) electrons. The third-order valence-electron chi connectivity index (χ3n) is 3.66. The average molecular weight is 303 g/mol. The highest BCUT2D eigenvalue weighted by molar-refractivity contribution is 5.80. The molecule has 0 saturated carbocycles. The van der Waals surface area contributed by atoms with Crippen molar-refractivity contribution < 1.29 is 9.72 Å². The minimum absolute atomic E-state index is 0.00893. The zero-order chi connectivity index (χ0) is 15.8. The predicted octanol–water partition coefficient (Wildman–Crippen LogP) is 3.01. The first-order valence-corrected chi connectivity index (χ1v) is 7.58. The number of nitrogens with zero attached hydrogens (tertiary/aromatic N) is 1. The van der Waals surface area contributed by atoms with Gasteiger partial charge in [-0.05, 0) is 38.2 Å². The SMILES string of the molecule is O=C(CNc1cccc([N+](=O)[O-])c1)NCCC1=CCCCC1.